The number of benzene rings is 1. The molecule has 2 aliphatic rings. The molecular formula is C25H27N3O3S3. The number of aryl methyl sites for hydroxylation is 1. The van der Waals surface area contributed by atoms with Gasteiger partial charge in [-0.25, -0.2) is 0 Å². The predicted molar refractivity (Wildman–Crippen MR) is 143 cm³/mol. The lowest BCUT2D eigenvalue weighted by Gasteiger charge is -2.14. The molecule has 3 amide bonds. The molecule has 0 unspecified atom stereocenters. The topological polar surface area (TPSA) is 92.5 Å². The van der Waals surface area contributed by atoms with Gasteiger partial charge in [-0.3, -0.25) is 19.3 Å². The Morgan fingerprint density at radius 3 is 2.65 bits per heavy atom. The van der Waals surface area contributed by atoms with E-state index in [1.54, 1.807) is 4.90 Å². The molecule has 0 radical (unpaired) electrons. The van der Waals surface area contributed by atoms with Gasteiger partial charge in [0.25, 0.3) is 11.8 Å². The summed E-state index contributed by atoms with van der Waals surface area (Å²) < 4.78 is 0.575. The summed E-state index contributed by atoms with van der Waals surface area (Å²) in [4.78, 5) is 40.6. The number of thiocarbonyl (C=S) groups is 1. The van der Waals surface area contributed by atoms with E-state index < -0.39 is 5.91 Å². The van der Waals surface area contributed by atoms with Crippen LogP contribution in [0.4, 0.5) is 5.00 Å². The van der Waals surface area contributed by atoms with Gasteiger partial charge in [-0.05, 0) is 55.7 Å². The first-order valence-electron chi connectivity index (χ1n) is 11.5. The van der Waals surface area contributed by atoms with E-state index in [1.807, 2.05) is 36.4 Å². The normalized spacial score (nSPS) is 16.7. The molecule has 2 aromatic rings. The number of unbranched alkanes of at least 4 members (excludes halogenated alkanes) is 2. The molecule has 34 heavy (non-hydrogen) atoms. The Kier molecular flexibility index (Phi) is 8.18. The summed E-state index contributed by atoms with van der Waals surface area (Å²) in [5.41, 5.74) is 8.08. The minimum atomic E-state index is -0.473. The Bertz CT molecular complexity index is 1140. The number of thiophene rings is 1. The second kappa shape index (κ2) is 11.3. The van der Waals surface area contributed by atoms with Gasteiger partial charge >= 0.3 is 0 Å². The smallest absolute Gasteiger partial charge is 0.266 e. The minimum Gasteiger partial charge on any atom is -0.365 e. The second-order valence-electron chi connectivity index (χ2n) is 8.38. The zero-order chi connectivity index (χ0) is 24.1. The molecule has 0 bridgehead atoms. The molecule has 3 N–H and O–H groups in total. The third-order valence-electron chi connectivity index (χ3n) is 5.93. The maximum absolute atomic E-state index is 12.7. The number of hydrogen-bond donors (Lipinski definition) is 2. The van der Waals surface area contributed by atoms with Crippen LogP contribution in [0.15, 0.2) is 35.2 Å². The number of fused-ring (bicyclic) bond motifs is 1. The van der Waals surface area contributed by atoms with Crippen molar-refractivity contribution in [3.63, 3.8) is 0 Å². The first-order chi connectivity index (χ1) is 16.4. The standard InChI is InChI=1S/C25H27N3O3S3/c26-22(30)21-17-11-6-7-12-18(17)33-23(21)27-20(29)13-5-2-8-14-28-24(31)19(34-25(28)32)15-16-9-3-1-4-10-16/h1,3-4,9-10,15H,2,5-8,11-14H2,(H2,26,30)(H,27,29)/b19-15-. The molecule has 1 fully saturated rings. The van der Waals surface area contributed by atoms with Crippen LogP contribution >= 0.6 is 35.3 Å². The van der Waals surface area contributed by atoms with Gasteiger partial charge in [0.2, 0.25) is 5.91 Å². The summed E-state index contributed by atoms with van der Waals surface area (Å²) >= 11 is 8.21. The van der Waals surface area contributed by atoms with E-state index in [0.717, 1.165) is 49.7 Å². The number of nitrogens with two attached hydrogens (primary N) is 1. The van der Waals surface area contributed by atoms with Crippen LogP contribution in [-0.2, 0) is 22.4 Å². The van der Waals surface area contributed by atoms with Crippen LogP contribution in [0.1, 0.15) is 64.9 Å². The molecule has 1 aliphatic heterocycles. The van der Waals surface area contributed by atoms with Crippen molar-refractivity contribution in [1.82, 2.24) is 4.90 Å². The van der Waals surface area contributed by atoms with E-state index in [-0.39, 0.29) is 11.8 Å². The van der Waals surface area contributed by atoms with Crippen molar-refractivity contribution in [2.24, 2.45) is 5.73 Å². The Morgan fingerprint density at radius 1 is 1.12 bits per heavy atom. The van der Waals surface area contributed by atoms with Gasteiger partial charge in [-0.2, -0.15) is 0 Å². The molecule has 0 saturated carbocycles. The average Bonchev–Trinajstić information content (AvgIpc) is 3.31. The van der Waals surface area contributed by atoms with Gasteiger partial charge in [-0.15, -0.1) is 11.3 Å². The number of thioether (sulfide) groups is 1. The Morgan fingerprint density at radius 2 is 1.88 bits per heavy atom. The molecule has 4 rings (SSSR count). The van der Waals surface area contributed by atoms with Crippen LogP contribution in [-0.4, -0.2) is 33.5 Å². The number of amides is 3. The summed E-state index contributed by atoms with van der Waals surface area (Å²) in [6.45, 7) is 0.544. The SMILES string of the molecule is NC(=O)c1c(NC(=O)CCCCCN2C(=O)/C(=C/c3ccccc3)SC2=S)sc2c1CCCC2. The quantitative estimate of drug-likeness (QED) is 0.276. The Hall–Kier alpha value is -2.49. The number of hydrogen-bond acceptors (Lipinski definition) is 6. The molecule has 1 aromatic carbocycles. The first kappa shape index (κ1) is 24.6. The molecule has 1 saturated heterocycles. The van der Waals surface area contributed by atoms with E-state index in [1.165, 1.54) is 28.0 Å². The molecule has 9 heteroatoms. The van der Waals surface area contributed by atoms with Crippen LogP contribution < -0.4 is 11.1 Å². The number of primary amides is 1. The summed E-state index contributed by atoms with van der Waals surface area (Å²) in [7, 11) is 0. The number of nitrogens with one attached hydrogen (secondary N) is 1. The lowest BCUT2D eigenvalue weighted by Crippen LogP contribution is -2.29. The van der Waals surface area contributed by atoms with E-state index in [2.05, 4.69) is 5.32 Å². The molecule has 0 atom stereocenters. The zero-order valence-corrected chi connectivity index (χ0v) is 21.3. The van der Waals surface area contributed by atoms with E-state index in [4.69, 9.17) is 18.0 Å². The molecule has 0 spiro atoms. The van der Waals surface area contributed by atoms with Gasteiger partial charge < -0.3 is 11.1 Å². The van der Waals surface area contributed by atoms with Gasteiger partial charge in [0.05, 0.1) is 10.5 Å². The number of rotatable bonds is 9. The highest BCUT2D eigenvalue weighted by Crippen LogP contribution is 2.38. The van der Waals surface area contributed by atoms with Crippen molar-refractivity contribution in [3.8, 4) is 0 Å². The lowest BCUT2D eigenvalue weighted by molar-refractivity contribution is -0.122. The number of nitrogens with zero attached hydrogens (tertiary/aromatic N) is 1. The maximum atomic E-state index is 12.7. The molecule has 1 aliphatic carbocycles. The van der Waals surface area contributed by atoms with Gasteiger partial charge in [-0.1, -0.05) is 60.7 Å². The van der Waals surface area contributed by atoms with Crippen LogP contribution in [0.25, 0.3) is 6.08 Å². The maximum Gasteiger partial charge on any atom is 0.266 e. The van der Waals surface area contributed by atoms with Gasteiger partial charge in [0.1, 0.15) is 9.32 Å². The van der Waals surface area contributed by atoms with Crippen molar-refractivity contribution >= 4 is 68.4 Å². The largest absolute Gasteiger partial charge is 0.365 e. The minimum absolute atomic E-state index is 0.0581. The highest BCUT2D eigenvalue weighted by Gasteiger charge is 2.31. The third-order valence-corrected chi connectivity index (χ3v) is 8.51. The molecule has 2 heterocycles. The molecular weight excluding hydrogens is 486 g/mol. The van der Waals surface area contributed by atoms with Crippen LogP contribution in [0.5, 0.6) is 0 Å². The van der Waals surface area contributed by atoms with Crippen molar-refractivity contribution in [2.45, 2.75) is 51.4 Å². The fraction of sp³-hybridized carbons (Fsp3) is 0.360. The highest BCUT2D eigenvalue weighted by atomic mass is 32.2. The van der Waals surface area contributed by atoms with Crippen LogP contribution in [0.3, 0.4) is 0 Å². The second-order valence-corrected chi connectivity index (χ2v) is 11.2. The molecule has 1 aromatic heterocycles. The van der Waals surface area contributed by atoms with E-state index in [9.17, 15) is 14.4 Å². The number of anilines is 1. The van der Waals surface area contributed by atoms with E-state index >= 15 is 0 Å². The summed E-state index contributed by atoms with van der Waals surface area (Å²) in [5.74, 6) is -0.644. The summed E-state index contributed by atoms with van der Waals surface area (Å²) in [6.07, 6.45) is 8.40. The Balaban J connectivity index is 1.23. The fourth-order valence-corrected chi connectivity index (χ4v) is 6.85. The molecule has 178 valence electrons. The van der Waals surface area contributed by atoms with Crippen molar-refractivity contribution in [1.29, 1.82) is 0 Å². The van der Waals surface area contributed by atoms with Gasteiger partial charge in [0.15, 0.2) is 0 Å². The molecule has 6 nitrogen and oxygen atoms in total. The first-order valence-corrected chi connectivity index (χ1v) is 13.5. The van der Waals surface area contributed by atoms with Crippen LogP contribution in [0, 0.1) is 0 Å². The lowest BCUT2D eigenvalue weighted by atomic mass is 9.95. The van der Waals surface area contributed by atoms with Gasteiger partial charge in [0, 0.05) is 17.8 Å². The predicted octanol–water partition coefficient (Wildman–Crippen LogP) is 5.13. The Labute approximate surface area is 213 Å². The highest BCUT2D eigenvalue weighted by molar-refractivity contribution is 8.26. The van der Waals surface area contributed by atoms with Crippen molar-refractivity contribution in [3.05, 3.63) is 56.8 Å². The monoisotopic (exact) mass is 513 g/mol. The summed E-state index contributed by atoms with van der Waals surface area (Å²) in [6, 6.07) is 9.71. The zero-order valence-electron chi connectivity index (χ0n) is 18.8. The fourth-order valence-electron chi connectivity index (χ4n) is 4.23. The average molecular weight is 514 g/mol. The van der Waals surface area contributed by atoms with Crippen molar-refractivity contribution in [2.75, 3.05) is 11.9 Å². The van der Waals surface area contributed by atoms with E-state index in [0.29, 0.717) is 39.2 Å². The van der Waals surface area contributed by atoms with Crippen LogP contribution in [0.2, 0.25) is 0 Å². The van der Waals surface area contributed by atoms with Crippen molar-refractivity contribution < 1.29 is 14.4 Å². The summed E-state index contributed by atoms with van der Waals surface area (Å²) in [5, 5.41) is 3.50. The number of carbonyl (C=O) groups is 3. The third kappa shape index (κ3) is 5.76. The number of carbonyl (C=O) groups excluding carboxylic acids is 3.